The second kappa shape index (κ2) is 4.74. The normalized spacial score (nSPS) is 9.93. The summed E-state index contributed by atoms with van der Waals surface area (Å²) in [7, 11) is 0. The number of hydrogen-bond donors (Lipinski definition) is 0. The molecular weight excluding hydrogens is 183 g/mol. The SMILES string of the molecule is CCC(=O)COc1ccc(F)c(C)c1. The molecule has 0 aliphatic carbocycles. The molecule has 0 amide bonds. The number of hydrogen-bond acceptors (Lipinski definition) is 2. The van der Waals surface area contributed by atoms with Crippen molar-refractivity contribution >= 4 is 5.78 Å². The van der Waals surface area contributed by atoms with E-state index in [2.05, 4.69) is 0 Å². The van der Waals surface area contributed by atoms with Gasteiger partial charge in [0.2, 0.25) is 0 Å². The first-order valence-electron chi connectivity index (χ1n) is 4.54. The van der Waals surface area contributed by atoms with Gasteiger partial charge in [-0.15, -0.1) is 0 Å². The molecule has 0 atom stereocenters. The highest BCUT2D eigenvalue weighted by molar-refractivity contribution is 5.79. The Labute approximate surface area is 82.7 Å². The highest BCUT2D eigenvalue weighted by Gasteiger charge is 2.02. The van der Waals surface area contributed by atoms with Crippen molar-refractivity contribution in [1.82, 2.24) is 0 Å². The fourth-order valence-electron chi connectivity index (χ4n) is 0.973. The fraction of sp³-hybridized carbons (Fsp3) is 0.364. The maximum Gasteiger partial charge on any atom is 0.169 e. The van der Waals surface area contributed by atoms with Gasteiger partial charge in [0.15, 0.2) is 5.78 Å². The molecular formula is C11H13FO2. The third kappa shape index (κ3) is 2.83. The molecule has 0 bridgehead atoms. The lowest BCUT2D eigenvalue weighted by Crippen LogP contribution is -2.09. The molecule has 0 spiro atoms. The van der Waals surface area contributed by atoms with Crippen LogP contribution in [0, 0.1) is 12.7 Å². The van der Waals surface area contributed by atoms with Crippen molar-refractivity contribution in [3.63, 3.8) is 0 Å². The van der Waals surface area contributed by atoms with E-state index in [0.29, 0.717) is 17.7 Å². The van der Waals surface area contributed by atoms with E-state index in [9.17, 15) is 9.18 Å². The third-order valence-corrected chi connectivity index (χ3v) is 1.92. The van der Waals surface area contributed by atoms with Gasteiger partial charge in [0, 0.05) is 6.42 Å². The van der Waals surface area contributed by atoms with Gasteiger partial charge in [0.25, 0.3) is 0 Å². The standard InChI is InChI=1S/C11H13FO2/c1-3-9(13)7-14-10-4-5-11(12)8(2)6-10/h4-6H,3,7H2,1-2H3. The highest BCUT2D eigenvalue weighted by atomic mass is 19.1. The summed E-state index contributed by atoms with van der Waals surface area (Å²) in [4.78, 5) is 10.9. The van der Waals surface area contributed by atoms with Crippen molar-refractivity contribution in [2.24, 2.45) is 0 Å². The summed E-state index contributed by atoms with van der Waals surface area (Å²) in [5.74, 6) is 0.303. The van der Waals surface area contributed by atoms with Crippen molar-refractivity contribution in [2.45, 2.75) is 20.3 Å². The molecule has 0 aliphatic heterocycles. The predicted octanol–water partition coefficient (Wildman–Crippen LogP) is 2.49. The lowest BCUT2D eigenvalue weighted by molar-refractivity contribution is -0.120. The first-order valence-corrected chi connectivity index (χ1v) is 4.54. The van der Waals surface area contributed by atoms with Crippen LogP contribution in [0.25, 0.3) is 0 Å². The van der Waals surface area contributed by atoms with Crippen LogP contribution in [-0.2, 0) is 4.79 Å². The number of benzene rings is 1. The Bertz CT molecular complexity index is 334. The molecule has 0 saturated carbocycles. The fourth-order valence-corrected chi connectivity index (χ4v) is 0.973. The van der Waals surface area contributed by atoms with Crippen LogP contribution in [0.3, 0.4) is 0 Å². The summed E-state index contributed by atoms with van der Waals surface area (Å²) in [6.45, 7) is 3.49. The molecule has 0 radical (unpaired) electrons. The van der Waals surface area contributed by atoms with E-state index in [1.165, 1.54) is 12.1 Å². The van der Waals surface area contributed by atoms with E-state index >= 15 is 0 Å². The molecule has 0 heterocycles. The Kier molecular flexibility index (Phi) is 3.63. The third-order valence-electron chi connectivity index (χ3n) is 1.92. The number of halogens is 1. The molecule has 2 nitrogen and oxygen atoms in total. The van der Waals surface area contributed by atoms with Gasteiger partial charge in [-0.25, -0.2) is 4.39 Å². The lowest BCUT2D eigenvalue weighted by atomic mass is 10.2. The summed E-state index contributed by atoms with van der Waals surface area (Å²) in [6.07, 6.45) is 0.459. The van der Waals surface area contributed by atoms with Gasteiger partial charge < -0.3 is 4.74 Å². The number of rotatable bonds is 4. The monoisotopic (exact) mass is 196 g/mol. The quantitative estimate of drug-likeness (QED) is 0.739. The number of ketones is 1. The smallest absolute Gasteiger partial charge is 0.169 e. The summed E-state index contributed by atoms with van der Waals surface area (Å²) in [6, 6.07) is 4.44. The van der Waals surface area contributed by atoms with Crippen molar-refractivity contribution < 1.29 is 13.9 Å². The van der Waals surface area contributed by atoms with Crippen molar-refractivity contribution in [3.8, 4) is 5.75 Å². The molecule has 0 N–H and O–H groups in total. The average molecular weight is 196 g/mol. The van der Waals surface area contributed by atoms with Crippen LogP contribution in [-0.4, -0.2) is 12.4 Å². The lowest BCUT2D eigenvalue weighted by Gasteiger charge is -2.05. The van der Waals surface area contributed by atoms with Gasteiger partial charge in [0.05, 0.1) is 0 Å². The zero-order chi connectivity index (χ0) is 10.6. The molecule has 1 aromatic carbocycles. The van der Waals surface area contributed by atoms with Crippen molar-refractivity contribution in [2.75, 3.05) is 6.61 Å². The largest absolute Gasteiger partial charge is 0.486 e. The van der Waals surface area contributed by atoms with E-state index in [-0.39, 0.29) is 18.2 Å². The summed E-state index contributed by atoms with van der Waals surface area (Å²) >= 11 is 0. The van der Waals surface area contributed by atoms with E-state index in [1.54, 1.807) is 19.9 Å². The predicted molar refractivity (Wildman–Crippen MR) is 51.9 cm³/mol. The molecule has 0 unspecified atom stereocenters. The van der Waals surface area contributed by atoms with Crippen LogP contribution in [0.5, 0.6) is 5.75 Å². The zero-order valence-corrected chi connectivity index (χ0v) is 8.34. The second-order valence-electron chi connectivity index (χ2n) is 3.09. The number of Topliss-reactive ketones (excluding diaryl/α,β-unsaturated/α-hetero) is 1. The van der Waals surface area contributed by atoms with E-state index in [1.807, 2.05) is 0 Å². The topological polar surface area (TPSA) is 26.3 Å². The highest BCUT2D eigenvalue weighted by Crippen LogP contribution is 2.15. The minimum Gasteiger partial charge on any atom is -0.486 e. The van der Waals surface area contributed by atoms with Crippen molar-refractivity contribution in [3.05, 3.63) is 29.6 Å². The van der Waals surface area contributed by atoms with Gasteiger partial charge in [0.1, 0.15) is 18.2 Å². The maximum atomic E-state index is 12.8. The summed E-state index contributed by atoms with van der Waals surface area (Å²) in [5, 5.41) is 0. The van der Waals surface area contributed by atoms with Crippen LogP contribution in [0.1, 0.15) is 18.9 Å². The Morgan fingerprint density at radius 2 is 2.21 bits per heavy atom. The van der Waals surface area contributed by atoms with Crippen LogP contribution >= 0.6 is 0 Å². The number of aryl methyl sites for hydroxylation is 1. The number of carbonyl (C=O) groups is 1. The first-order chi connectivity index (χ1) is 6.63. The first kappa shape index (κ1) is 10.7. The average Bonchev–Trinajstić information content (AvgIpc) is 2.19. The van der Waals surface area contributed by atoms with Gasteiger partial charge in [-0.1, -0.05) is 6.92 Å². The molecule has 76 valence electrons. The van der Waals surface area contributed by atoms with Crippen LogP contribution < -0.4 is 4.74 Å². The van der Waals surface area contributed by atoms with Crippen LogP contribution in [0.2, 0.25) is 0 Å². The molecule has 1 aromatic rings. The second-order valence-corrected chi connectivity index (χ2v) is 3.09. The molecule has 0 fully saturated rings. The molecule has 0 aliphatic rings. The van der Waals surface area contributed by atoms with E-state index in [4.69, 9.17) is 4.74 Å². The van der Waals surface area contributed by atoms with Crippen LogP contribution in [0.15, 0.2) is 18.2 Å². The van der Waals surface area contributed by atoms with Crippen LogP contribution in [0.4, 0.5) is 4.39 Å². The molecule has 3 heteroatoms. The number of ether oxygens (including phenoxy) is 1. The maximum absolute atomic E-state index is 12.8. The zero-order valence-electron chi connectivity index (χ0n) is 8.34. The Morgan fingerprint density at radius 1 is 1.50 bits per heavy atom. The summed E-state index contributed by atoms with van der Waals surface area (Å²) < 4.78 is 18.0. The van der Waals surface area contributed by atoms with Gasteiger partial charge in [-0.05, 0) is 30.7 Å². The van der Waals surface area contributed by atoms with Gasteiger partial charge >= 0.3 is 0 Å². The number of carbonyl (C=O) groups excluding carboxylic acids is 1. The van der Waals surface area contributed by atoms with E-state index in [0.717, 1.165) is 0 Å². The molecule has 1 rings (SSSR count). The van der Waals surface area contributed by atoms with Gasteiger partial charge in [-0.3, -0.25) is 4.79 Å². The minimum absolute atomic E-state index is 0.0342. The Hall–Kier alpha value is -1.38. The Morgan fingerprint density at radius 3 is 2.79 bits per heavy atom. The molecule has 14 heavy (non-hydrogen) atoms. The van der Waals surface area contributed by atoms with Crippen molar-refractivity contribution in [1.29, 1.82) is 0 Å². The summed E-state index contributed by atoms with van der Waals surface area (Å²) in [5.41, 5.74) is 0.520. The minimum atomic E-state index is -0.265. The van der Waals surface area contributed by atoms with E-state index < -0.39 is 0 Å². The van der Waals surface area contributed by atoms with Gasteiger partial charge in [-0.2, -0.15) is 0 Å². The Balaban J connectivity index is 2.60. The molecule has 0 saturated heterocycles. The molecule has 0 aromatic heterocycles.